The van der Waals surface area contributed by atoms with E-state index in [1.165, 1.54) is 11.8 Å². The Balaban J connectivity index is 2.08. The number of methoxy groups -OCH3 is 1. The molecule has 0 saturated heterocycles. The van der Waals surface area contributed by atoms with Gasteiger partial charge in [-0.3, -0.25) is 4.79 Å². The summed E-state index contributed by atoms with van der Waals surface area (Å²) in [7, 11) is 1.27. The number of nitrogens with zero attached hydrogens (tertiary/aromatic N) is 3. The molecule has 0 amide bonds. The minimum Gasteiger partial charge on any atom is -0.468 e. The Morgan fingerprint density at radius 3 is 2.59 bits per heavy atom. The zero-order valence-corrected chi connectivity index (χ0v) is 16.7. The summed E-state index contributed by atoms with van der Waals surface area (Å²) < 4.78 is 38.9. The molecule has 1 aliphatic heterocycles. The van der Waals surface area contributed by atoms with Gasteiger partial charge in [-0.1, -0.05) is 11.8 Å². The van der Waals surface area contributed by atoms with Gasteiger partial charge in [0.15, 0.2) is 0 Å². The number of hydrogen-bond acceptors (Lipinski definition) is 8. The van der Waals surface area contributed by atoms with Crippen LogP contribution in [0.3, 0.4) is 0 Å². The van der Waals surface area contributed by atoms with Gasteiger partial charge in [0, 0.05) is 11.8 Å². The highest BCUT2D eigenvalue weighted by atomic mass is 32.2. The van der Waals surface area contributed by atoms with Crippen molar-refractivity contribution in [2.24, 2.45) is 0 Å². The van der Waals surface area contributed by atoms with Crippen LogP contribution in [-0.2, 0) is 19.1 Å². The molecule has 0 radical (unpaired) electrons. The number of halogens is 2. The second-order valence-electron chi connectivity index (χ2n) is 6.02. The third kappa shape index (κ3) is 4.39. The van der Waals surface area contributed by atoms with Crippen molar-refractivity contribution < 1.29 is 27.8 Å². The van der Waals surface area contributed by atoms with Crippen molar-refractivity contribution in [1.82, 2.24) is 14.8 Å². The van der Waals surface area contributed by atoms with Crippen LogP contribution in [0.1, 0.15) is 25.5 Å². The van der Waals surface area contributed by atoms with Crippen LogP contribution < -0.4 is 5.32 Å². The average Bonchev–Trinajstić information content (AvgIpc) is 3.06. The van der Waals surface area contributed by atoms with Crippen molar-refractivity contribution in [1.29, 1.82) is 0 Å². The molecule has 0 aliphatic carbocycles. The van der Waals surface area contributed by atoms with E-state index in [9.17, 15) is 18.4 Å². The van der Waals surface area contributed by atoms with Gasteiger partial charge in [0.2, 0.25) is 11.1 Å². The molecule has 0 saturated carbocycles. The number of carbonyl (C=O) groups excluding carboxylic acids is 2. The van der Waals surface area contributed by atoms with Gasteiger partial charge < -0.3 is 14.8 Å². The van der Waals surface area contributed by atoms with Crippen LogP contribution in [0.5, 0.6) is 0 Å². The lowest BCUT2D eigenvalue weighted by atomic mass is 9.95. The highest BCUT2D eigenvalue weighted by Crippen LogP contribution is 2.37. The summed E-state index contributed by atoms with van der Waals surface area (Å²) in [6.07, 6.45) is 0. The Bertz CT molecular complexity index is 972. The molecule has 11 heteroatoms. The summed E-state index contributed by atoms with van der Waals surface area (Å²) in [5.41, 5.74) is 0.739. The molecular formula is C18H18F2N4O4S. The normalized spacial score (nSPS) is 15.6. The number of fused-ring (bicyclic) bond motifs is 1. The van der Waals surface area contributed by atoms with Crippen LogP contribution in [0.4, 0.5) is 14.7 Å². The number of ether oxygens (including phenoxy) is 2. The Labute approximate surface area is 169 Å². The Kier molecular flexibility index (Phi) is 6.16. The van der Waals surface area contributed by atoms with Gasteiger partial charge in [-0.2, -0.15) is 4.98 Å². The van der Waals surface area contributed by atoms with Gasteiger partial charge in [0.25, 0.3) is 0 Å². The molecule has 1 aromatic carbocycles. The van der Waals surface area contributed by atoms with E-state index in [-0.39, 0.29) is 34.6 Å². The number of allylic oxidation sites excluding steroid dienone is 1. The predicted octanol–water partition coefficient (Wildman–Crippen LogP) is 2.67. The minimum absolute atomic E-state index is 0.0175. The maximum absolute atomic E-state index is 13.9. The second kappa shape index (κ2) is 8.60. The summed E-state index contributed by atoms with van der Waals surface area (Å²) >= 11 is 1.03. The lowest BCUT2D eigenvalue weighted by Crippen LogP contribution is -2.29. The van der Waals surface area contributed by atoms with Crippen LogP contribution in [0, 0.1) is 11.6 Å². The molecule has 1 N–H and O–H groups in total. The lowest BCUT2D eigenvalue weighted by molar-refractivity contribution is -0.139. The summed E-state index contributed by atoms with van der Waals surface area (Å²) in [6.45, 7) is 3.42. The number of benzene rings is 1. The minimum atomic E-state index is -0.963. The maximum atomic E-state index is 13.9. The predicted molar refractivity (Wildman–Crippen MR) is 100 cm³/mol. The first-order chi connectivity index (χ1) is 13.8. The number of anilines is 1. The zero-order valence-electron chi connectivity index (χ0n) is 15.9. The molecule has 1 aliphatic rings. The Morgan fingerprint density at radius 2 is 1.97 bits per heavy atom. The van der Waals surface area contributed by atoms with Crippen LogP contribution in [-0.4, -0.2) is 46.2 Å². The molecule has 2 aromatic rings. The van der Waals surface area contributed by atoms with Gasteiger partial charge in [-0.25, -0.2) is 18.3 Å². The molecule has 1 aromatic heterocycles. The van der Waals surface area contributed by atoms with Gasteiger partial charge in [-0.15, -0.1) is 5.10 Å². The van der Waals surface area contributed by atoms with Crippen molar-refractivity contribution in [2.75, 3.05) is 24.8 Å². The van der Waals surface area contributed by atoms with E-state index in [0.29, 0.717) is 5.70 Å². The number of esters is 2. The van der Waals surface area contributed by atoms with E-state index in [4.69, 9.17) is 4.74 Å². The number of hydrogen-bond donors (Lipinski definition) is 1. The third-order valence-electron chi connectivity index (χ3n) is 4.08. The molecular weight excluding hydrogens is 406 g/mol. The Morgan fingerprint density at radius 1 is 1.28 bits per heavy atom. The van der Waals surface area contributed by atoms with E-state index in [0.717, 1.165) is 30.0 Å². The standard InChI is InChI=1S/C18H18F2N4O4S/c1-4-28-16(26)14-9(2)21-17-22-18(29-8-13(25)27-3)23-24(17)15(14)10-5-11(19)7-12(20)6-10/h5-7,15H,4,8H2,1-3H3,(H,21,22,23)/t15-/m1/s1. The fraction of sp³-hybridized carbons (Fsp3) is 0.333. The highest BCUT2D eigenvalue weighted by Gasteiger charge is 2.35. The number of thioether (sulfide) groups is 1. The molecule has 0 spiro atoms. The van der Waals surface area contributed by atoms with Crippen LogP contribution in [0.25, 0.3) is 0 Å². The van der Waals surface area contributed by atoms with E-state index >= 15 is 0 Å². The van der Waals surface area contributed by atoms with E-state index < -0.39 is 29.6 Å². The number of aromatic nitrogens is 3. The van der Waals surface area contributed by atoms with Crippen LogP contribution in [0.2, 0.25) is 0 Å². The zero-order chi connectivity index (χ0) is 21.1. The lowest BCUT2D eigenvalue weighted by Gasteiger charge is -2.28. The molecule has 0 unspecified atom stereocenters. The Hall–Kier alpha value is -2.95. The maximum Gasteiger partial charge on any atom is 0.338 e. The number of carbonyl (C=O) groups is 2. The van der Waals surface area contributed by atoms with Crippen LogP contribution in [0.15, 0.2) is 34.6 Å². The molecule has 29 heavy (non-hydrogen) atoms. The van der Waals surface area contributed by atoms with E-state index in [1.807, 2.05) is 0 Å². The van der Waals surface area contributed by atoms with E-state index in [2.05, 4.69) is 20.1 Å². The fourth-order valence-electron chi connectivity index (χ4n) is 2.89. The van der Waals surface area contributed by atoms with E-state index in [1.54, 1.807) is 13.8 Å². The molecule has 0 fully saturated rings. The monoisotopic (exact) mass is 424 g/mol. The van der Waals surface area contributed by atoms with Crippen LogP contribution >= 0.6 is 11.8 Å². The fourth-order valence-corrected chi connectivity index (χ4v) is 3.55. The summed E-state index contributed by atoms with van der Waals surface area (Å²) in [4.78, 5) is 28.3. The van der Waals surface area contributed by atoms with Gasteiger partial charge in [0.1, 0.15) is 17.7 Å². The SMILES string of the molecule is CCOC(=O)C1=C(C)Nc2nc(SCC(=O)OC)nn2[C@@H]1c1cc(F)cc(F)c1. The largest absolute Gasteiger partial charge is 0.468 e. The quantitative estimate of drug-likeness (QED) is 0.559. The molecule has 3 rings (SSSR count). The topological polar surface area (TPSA) is 95.3 Å². The van der Waals surface area contributed by atoms with Crippen molar-refractivity contribution in [3.8, 4) is 0 Å². The van der Waals surface area contributed by atoms with Gasteiger partial charge in [0.05, 0.1) is 25.0 Å². The van der Waals surface area contributed by atoms with Crippen molar-refractivity contribution in [3.05, 3.63) is 46.7 Å². The summed E-state index contributed by atoms with van der Waals surface area (Å²) in [6, 6.07) is 2.03. The first kappa shape index (κ1) is 20.8. The number of rotatable bonds is 6. The molecule has 8 nitrogen and oxygen atoms in total. The first-order valence-corrected chi connectivity index (χ1v) is 9.59. The third-order valence-corrected chi connectivity index (χ3v) is 4.89. The smallest absolute Gasteiger partial charge is 0.338 e. The molecule has 1 atom stereocenters. The van der Waals surface area contributed by atoms with Gasteiger partial charge in [-0.05, 0) is 31.5 Å². The molecule has 2 heterocycles. The molecule has 154 valence electrons. The molecule has 0 bridgehead atoms. The summed E-state index contributed by atoms with van der Waals surface area (Å²) in [5.74, 6) is -2.44. The number of nitrogens with one attached hydrogen (secondary N) is 1. The van der Waals surface area contributed by atoms with Crippen molar-refractivity contribution in [3.63, 3.8) is 0 Å². The van der Waals surface area contributed by atoms with Crippen molar-refractivity contribution in [2.45, 2.75) is 25.0 Å². The second-order valence-corrected chi connectivity index (χ2v) is 6.96. The first-order valence-electron chi connectivity index (χ1n) is 8.61. The van der Waals surface area contributed by atoms with Crippen molar-refractivity contribution >= 4 is 29.6 Å². The summed E-state index contributed by atoms with van der Waals surface area (Å²) in [5, 5.41) is 7.50. The average molecular weight is 424 g/mol. The van der Waals surface area contributed by atoms with Gasteiger partial charge >= 0.3 is 11.9 Å². The highest BCUT2D eigenvalue weighted by molar-refractivity contribution is 7.99.